The number of anilines is 1. The van der Waals surface area contributed by atoms with Crippen LogP contribution in [0.3, 0.4) is 0 Å². The van der Waals surface area contributed by atoms with Crippen LogP contribution in [0.2, 0.25) is 0 Å². The van der Waals surface area contributed by atoms with E-state index in [-0.39, 0.29) is 6.42 Å². The molecule has 2 N–H and O–H groups in total. The van der Waals surface area contributed by atoms with Gasteiger partial charge in [0.15, 0.2) is 0 Å². The number of carboxylic acids is 1. The Morgan fingerprint density at radius 1 is 1.33 bits per heavy atom. The van der Waals surface area contributed by atoms with Crippen molar-refractivity contribution in [2.75, 3.05) is 18.4 Å². The van der Waals surface area contributed by atoms with E-state index in [9.17, 15) is 22.8 Å². The first kappa shape index (κ1) is 15.1. The van der Waals surface area contributed by atoms with Crippen molar-refractivity contribution in [3.63, 3.8) is 0 Å². The number of amides is 1. The average Bonchev–Trinajstić information content (AvgIpc) is 2.78. The van der Waals surface area contributed by atoms with Gasteiger partial charge in [-0.25, -0.2) is 0 Å². The van der Waals surface area contributed by atoms with Gasteiger partial charge in [0.2, 0.25) is 5.91 Å². The van der Waals surface area contributed by atoms with E-state index in [1.807, 2.05) is 0 Å². The number of alkyl halides is 3. The predicted molar refractivity (Wildman–Crippen MR) is 67.8 cm³/mol. The number of hydrogen-bond donors (Lipinski definition) is 2. The molecule has 0 unspecified atom stereocenters. The van der Waals surface area contributed by atoms with Crippen molar-refractivity contribution in [1.29, 1.82) is 0 Å². The number of nitrogens with one attached hydrogen (secondary N) is 1. The summed E-state index contributed by atoms with van der Waals surface area (Å²) in [5, 5.41) is 11.5. The van der Waals surface area contributed by atoms with Crippen LogP contribution in [0.5, 0.6) is 0 Å². The largest absolute Gasteiger partial charge is 0.480 e. The first-order chi connectivity index (χ1) is 9.76. The number of carbonyl (C=O) groups is 2. The molecule has 0 aromatic heterocycles. The first-order valence-corrected chi connectivity index (χ1v) is 6.18. The molecule has 2 rings (SSSR count). The molecule has 0 saturated heterocycles. The minimum atomic E-state index is -4.64. The Hall–Kier alpha value is -2.25. The van der Waals surface area contributed by atoms with Gasteiger partial charge in [-0.2, -0.15) is 13.2 Å². The minimum Gasteiger partial charge on any atom is -0.480 e. The monoisotopic (exact) mass is 302 g/mol. The minimum absolute atomic E-state index is 0.239. The molecular formula is C13H13F3N2O3. The summed E-state index contributed by atoms with van der Waals surface area (Å²) >= 11 is 0. The molecule has 0 fully saturated rings. The molecule has 0 radical (unpaired) electrons. The van der Waals surface area contributed by atoms with Gasteiger partial charge >= 0.3 is 12.1 Å². The van der Waals surface area contributed by atoms with E-state index in [0.717, 1.165) is 5.56 Å². The first-order valence-electron chi connectivity index (χ1n) is 6.18. The Morgan fingerprint density at radius 2 is 2.00 bits per heavy atom. The van der Waals surface area contributed by atoms with E-state index >= 15 is 0 Å². The van der Waals surface area contributed by atoms with Gasteiger partial charge < -0.3 is 15.3 Å². The van der Waals surface area contributed by atoms with Crippen LogP contribution in [-0.4, -0.2) is 47.2 Å². The Morgan fingerprint density at radius 3 is 2.57 bits per heavy atom. The maximum atomic E-state index is 12.5. The van der Waals surface area contributed by atoms with Gasteiger partial charge in [0.25, 0.3) is 0 Å². The highest BCUT2D eigenvalue weighted by molar-refractivity contribution is 5.89. The molecule has 1 heterocycles. The van der Waals surface area contributed by atoms with E-state index in [0.29, 0.717) is 10.6 Å². The van der Waals surface area contributed by atoms with Crippen LogP contribution in [0.15, 0.2) is 24.3 Å². The molecule has 1 aromatic carbocycles. The second-order valence-electron chi connectivity index (χ2n) is 4.76. The number of carbonyl (C=O) groups excluding carboxylic acids is 1. The lowest BCUT2D eigenvalue weighted by atomic mass is 10.1. The Labute approximate surface area is 118 Å². The number of para-hydroxylation sites is 1. The van der Waals surface area contributed by atoms with Crippen molar-refractivity contribution < 1.29 is 27.9 Å². The Kier molecular flexibility index (Phi) is 4.06. The summed E-state index contributed by atoms with van der Waals surface area (Å²) in [5.41, 5.74) is 1.50. The van der Waals surface area contributed by atoms with E-state index in [4.69, 9.17) is 5.11 Å². The van der Waals surface area contributed by atoms with Crippen LogP contribution in [0.4, 0.5) is 18.9 Å². The van der Waals surface area contributed by atoms with Gasteiger partial charge in [-0.05, 0) is 11.6 Å². The molecule has 5 nitrogen and oxygen atoms in total. The number of carboxylic acid groups (broad SMARTS) is 1. The van der Waals surface area contributed by atoms with Crippen molar-refractivity contribution in [3.05, 3.63) is 29.8 Å². The zero-order valence-corrected chi connectivity index (χ0v) is 10.9. The maximum absolute atomic E-state index is 12.5. The van der Waals surface area contributed by atoms with Gasteiger partial charge in [-0.1, -0.05) is 18.2 Å². The van der Waals surface area contributed by atoms with Gasteiger partial charge in [-0.15, -0.1) is 0 Å². The summed E-state index contributed by atoms with van der Waals surface area (Å²) < 4.78 is 37.4. The van der Waals surface area contributed by atoms with Crippen LogP contribution in [0.25, 0.3) is 0 Å². The van der Waals surface area contributed by atoms with Crippen molar-refractivity contribution in [2.45, 2.75) is 18.6 Å². The van der Waals surface area contributed by atoms with E-state index < -0.39 is 37.2 Å². The highest BCUT2D eigenvalue weighted by atomic mass is 19.4. The topological polar surface area (TPSA) is 69.6 Å². The van der Waals surface area contributed by atoms with E-state index in [1.165, 1.54) is 0 Å². The number of nitrogens with zero attached hydrogens (tertiary/aromatic N) is 1. The predicted octanol–water partition coefficient (Wildman–Crippen LogP) is 1.50. The molecule has 1 atom stereocenters. The fourth-order valence-corrected chi connectivity index (χ4v) is 2.26. The summed E-state index contributed by atoms with van der Waals surface area (Å²) in [6, 6.07) is 6.11. The van der Waals surface area contributed by atoms with Crippen LogP contribution in [0, 0.1) is 0 Å². The highest BCUT2D eigenvalue weighted by Crippen LogP contribution is 2.27. The van der Waals surface area contributed by atoms with Gasteiger partial charge in [-0.3, -0.25) is 9.59 Å². The standard InChI is InChI=1S/C13H13F3N2O3/c14-13(15,16)7-18(6-11(19)20)12(21)10-5-8-3-1-2-4-9(8)17-10/h1-4,10,17H,5-7H2,(H,19,20)/t10-/m0/s1. The second kappa shape index (κ2) is 5.63. The lowest BCUT2D eigenvalue weighted by molar-refractivity contribution is -0.166. The van der Waals surface area contributed by atoms with Crippen LogP contribution in [0.1, 0.15) is 5.56 Å². The fraction of sp³-hybridized carbons (Fsp3) is 0.385. The lowest BCUT2D eigenvalue weighted by Gasteiger charge is -2.25. The summed E-state index contributed by atoms with van der Waals surface area (Å²) in [4.78, 5) is 23.1. The molecule has 1 aromatic rings. The fourth-order valence-electron chi connectivity index (χ4n) is 2.26. The van der Waals surface area contributed by atoms with Gasteiger partial charge in [0, 0.05) is 12.1 Å². The molecule has 1 amide bonds. The molecule has 1 aliphatic heterocycles. The number of rotatable bonds is 4. The van der Waals surface area contributed by atoms with Crippen LogP contribution in [-0.2, 0) is 16.0 Å². The Balaban J connectivity index is 2.11. The highest BCUT2D eigenvalue weighted by Gasteiger charge is 2.37. The number of fused-ring (bicyclic) bond motifs is 1. The quantitative estimate of drug-likeness (QED) is 0.884. The van der Waals surface area contributed by atoms with Crippen molar-refractivity contribution in [2.24, 2.45) is 0 Å². The summed E-state index contributed by atoms with van der Waals surface area (Å²) in [7, 11) is 0. The van der Waals surface area contributed by atoms with Crippen molar-refractivity contribution in [1.82, 2.24) is 4.90 Å². The summed E-state index contributed by atoms with van der Waals surface area (Å²) in [5.74, 6) is -2.35. The molecule has 1 aliphatic rings. The number of benzene rings is 1. The molecule has 0 spiro atoms. The van der Waals surface area contributed by atoms with E-state index in [1.54, 1.807) is 24.3 Å². The summed E-state index contributed by atoms with van der Waals surface area (Å²) in [6.45, 7) is -2.56. The SMILES string of the molecule is O=C(O)CN(CC(F)(F)F)C(=O)[C@@H]1Cc2ccccc2N1. The van der Waals surface area contributed by atoms with Gasteiger partial charge in [0.1, 0.15) is 19.1 Å². The lowest BCUT2D eigenvalue weighted by Crippen LogP contribution is -2.48. The third kappa shape index (κ3) is 3.87. The third-order valence-electron chi connectivity index (χ3n) is 3.08. The summed E-state index contributed by atoms with van der Waals surface area (Å²) in [6.07, 6.45) is -4.40. The van der Waals surface area contributed by atoms with Gasteiger partial charge in [0.05, 0.1) is 0 Å². The van der Waals surface area contributed by atoms with Crippen LogP contribution >= 0.6 is 0 Å². The van der Waals surface area contributed by atoms with E-state index in [2.05, 4.69) is 5.32 Å². The average molecular weight is 302 g/mol. The third-order valence-corrected chi connectivity index (χ3v) is 3.08. The van der Waals surface area contributed by atoms with Crippen molar-refractivity contribution in [3.8, 4) is 0 Å². The normalized spacial score (nSPS) is 17.0. The molecule has 0 bridgehead atoms. The smallest absolute Gasteiger partial charge is 0.406 e. The number of halogens is 3. The van der Waals surface area contributed by atoms with Crippen LogP contribution < -0.4 is 5.32 Å². The second-order valence-corrected chi connectivity index (χ2v) is 4.76. The molecule has 114 valence electrons. The molecule has 21 heavy (non-hydrogen) atoms. The zero-order valence-electron chi connectivity index (χ0n) is 10.9. The Bertz CT molecular complexity index is 535. The van der Waals surface area contributed by atoms with Crippen molar-refractivity contribution >= 4 is 17.6 Å². The zero-order chi connectivity index (χ0) is 15.6. The molecule has 8 heteroatoms. The molecular weight excluding hydrogens is 289 g/mol. The number of aliphatic carboxylic acids is 1. The molecule has 0 aliphatic carbocycles. The number of hydrogen-bond acceptors (Lipinski definition) is 3. The maximum Gasteiger partial charge on any atom is 0.406 e. The molecule has 0 saturated carbocycles.